The molecule has 1 aromatic rings. The van der Waals surface area contributed by atoms with E-state index in [9.17, 15) is 8.42 Å². The van der Waals surface area contributed by atoms with Crippen molar-refractivity contribution in [2.24, 2.45) is 5.92 Å². The molecule has 0 saturated carbocycles. The summed E-state index contributed by atoms with van der Waals surface area (Å²) in [6.07, 6.45) is 3.78. The number of sulfonamides is 1. The van der Waals surface area contributed by atoms with Crippen LogP contribution in [0.25, 0.3) is 0 Å². The number of rotatable bonds is 7. The Kier molecular flexibility index (Phi) is 6.59. The molecule has 0 radical (unpaired) electrons. The minimum atomic E-state index is -3.33. The Balaban J connectivity index is 1.88. The van der Waals surface area contributed by atoms with Crippen LogP contribution in [0.5, 0.6) is 0 Å². The van der Waals surface area contributed by atoms with E-state index in [-0.39, 0.29) is 0 Å². The molecule has 1 aliphatic heterocycles. The summed E-state index contributed by atoms with van der Waals surface area (Å²) in [6.45, 7) is 4.27. The van der Waals surface area contributed by atoms with Gasteiger partial charge in [0, 0.05) is 20.6 Å². The highest BCUT2D eigenvalue weighted by atomic mass is 32.2. The Bertz CT molecular complexity index is 576. The molecular formula is C17H29N3O2S. The molecule has 0 bridgehead atoms. The van der Waals surface area contributed by atoms with Crippen LogP contribution in [0.2, 0.25) is 0 Å². The third-order valence-electron chi connectivity index (χ3n) is 4.62. The van der Waals surface area contributed by atoms with Crippen molar-refractivity contribution in [3.05, 3.63) is 29.8 Å². The van der Waals surface area contributed by atoms with Crippen LogP contribution in [0.1, 0.15) is 24.8 Å². The molecule has 130 valence electrons. The lowest BCUT2D eigenvalue weighted by atomic mass is 9.93. The number of likely N-dealkylation sites (tertiary alicyclic amines) is 1. The van der Waals surface area contributed by atoms with Gasteiger partial charge in [-0.15, -0.1) is 0 Å². The number of nitrogens with one attached hydrogen (secondary N) is 1. The van der Waals surface area contributed by atoms with Crippen LogP contribution in [-0.2, 0) is 16.6 Å². The van der Waals surface area contributed by atoms with Crippen molar-refractivity contribution in [2.75, 3.05) is 40.8 Å². The van der Waals surface area contributed by atoms with Gasteiger partial charge in [-0.2, -0.15) is 0 Å². The molecule has 0 aliphatic carbocycles. The van der Waals surface area contributed by atoms with Gasteiger partial charge in [0.1, 0.15) is 0 Å². The summed E-state index contributed by atoms with van der Waals surface area (Å²) in [6, 6.07) is 7.29. The van der Waals surface area contributed by atoms with E-state index < -0.39 is 10.0 Å². The van der Waals surface area contributed by atoms with Crippen molar-refractivity contribution in [2.45, 2.75) is 30.7 Å². The average Bonchev–Trinajstić information content (AvgIpc) is 2.54. The third-order valence-corrected chi connectivity index (χ3v) is 6.45. The van der Waals surface area contributed by atoms with Gasteiger partial charge in [-0.25, -0.2) is 12.7 Å². The lowest BCUT2D eigenvalue weighted by molar-refractivity contribution is 0.172. The average molecular weight is 340 g/mol. The van der Waals surface area contributed by atoms with Crippen molar-refractivity contribution < 1.29 is 8.42 Å². The number of hydrogen-bond donors (Lipinski definition) is 1. The first-order valence-electron chi connectivity index (χ1n) is 8.32. The SMILES string of the molecule is CNCCC1CCN(Cc2ccc(S(=O)(=O)N(C)C)cc2)CC1. The highest BCUT2D eigenvalue weighted by Crippen LogP contribution is 2.22. The fraction of sp³-hybridized carbons (Fsp3) is 0.647. The molecule has 0 unspecified atom stereocenters. The Labute approximate surface area is 140 Å². The Hall–Kier alpha value is -0.950. The second kappa shape index (κ2) is 8.24. The van der Waals surface area contributed by atoms with Gasteiger partial charge in [0.2, 0.25) is 10.0 Å². The van der Waals surface area contributed by atoms with Crippen LogP contribution in [0, 0.1) is 5.92 Å². The van der Waals surface area contributed by atoms with E-state index >= 15 is 0 Å². The van der Waals surface area contributed by atoms with Crippen molar-refractivity contribution >= 4 is 10.0 Å². The molecule has 1 heterocycles. The zero-order valence-corrected chi connectivity index (χ0v) is 15.3. The molecule has 0 amide bonds. The van der Waals surface area contributed by atoms with Crippen molar-refractivity contribution in [1.29, 1.82) is 0 Å². The topological polar surface area (TPSA) is 52.7 Å². The van der Waals surface area contributed by atoms with E-state index in [4.69, 9.17) is 0 Å². The minimum absolute atomic E-state index is 0.358. The van der Waals surface area contributed by atoms with Gasteiger partial charge in [0.05, 0.1) is 4.90 Å². The van der Waals surface area contributed by atoms with E-state index in [1.54, 1.807) is 26.2 Å². The molecule has 1 N–H and O–H groups in total. The van der Waals surface area contributed by atoms with Crippen molar-refractivity contribution in [3.8, 4) is 0 Å². The molecule has 6 heteroatoms. The summed E-state index contributed by atoms with van der Waals surface area (Å²) in [7, 11) is 1.79. The first kappa shape index (κ1) is 18.4. The first-order valence-corrected chi connectivity index (χ1v) is 9.76. The predicted octanol–water partition coefficient (Wildman–Crippen LogP) is 1.76. The first-order chi connectivity index (χ1) is 10.9. The van der Waals surface area contributed by atoms with E-state index in [0.717, 1.165) is 32.1 Å². The fourth-order valence-corrected chi connectivity index (χ4v) is 3.92. The van der Waals surface area contributed by atoms with Gasteiger partial charge in [-0.1, -0.05) is 12.1 Å². The summed E-state index contributed by atoms with van der Waals surface area (Å²) in [4.78, 5) is 2.82. The largest absolute Gasteiger partial charge is 0.320 e. The molecule has 2 rings (SSSR count). The van der Waals surface area contributed by atoms with Gasteiger partial charge >= 0.3 is 0 Å². The smallest absolute Gasteiger partial charge is 0.242 e. The van der Waals surface area contributed by atoms with Crippen molar-refractivity contribution in [1.82, 2.24) is 14.5 Å². The molecule has 5 nitrogen and oxygen atoms in total. The molecular weight excluding hydrogens is 310 g/mol. The summed E-state index contributed by atoms with van der Waals surface area (Å²) < 4.78 is 25.4. The monoisotopic (exact) mass is 339 g/mol. The van der Waals surface area contributed by atoms with E-state index in [2.05, 4.69) is 10.2 Å². The van der Waals surface area contributed by atoms with Gasteiger partial charge in [0.25, 0.3) is 0 Å². The number of benzene rings is 1. The Morgan fingerprint density at radius 2 is 1.78 bits per heavy atom. The Morgan fingerprint density at radius 1 is 1.17 bits per heavy atom. The van der Waals surface area contributed by atoms with Crippen LogP contribution in [0.3, 0.4) is 0 Å². The summed E-state index contributed by atoms with van der Waals surface area (Å²) >= 11 is 0. The highest BCUT2D eigenvalue weighted by molar-refractivity contribution is 7.89. The molecule has 23 heavy (non-hydrogen) atoms. The molecule has 0 spiro atoms. The van der Waals surface area contributed by atoms with Gasteiger partial charge in [-0.3, -0.25) is 4.90 Å². The lowest BCUT2D eigenvalue weighted by Gasteiger charge is -2.32. The van der Waals surface area contributed by atoms with Crippen LogP contribution < -0.4 is 5.32 Å². The molecule has 1 aliphatic rings. The van der Waals surface area contributed by atoms with Gasteiger partial charge < -0.3 is 5.32 Å². The number of hydrogen-bond acceptors (Lipinski definition) is 4. The van der Waals surface area contributed by atoms with E-state index in [1.807, 2.05) is 19.2 Å². The zero-order chi connectivity index (χ0) is 16.9. The quantitative estimate of drug-likeness (QED) is 0.822. The van der Waals surface area contributed by atoms with Crippen LogP contribution in [0.4, 0.5) is 0 Å². The van der Waals surface area contributed by atoms with Crippen molar-refractivity contribution in [3.63, 3.8) is 0 Å². The maximum absolute atomic E-state index is 12.1. The summed E-state index contributed by atoms with van der Waals surface area (Å²) in [5.41, 5.74) is 1.18. The normalized spacial score (nSPS) is 17.7. The van der Waals surface area contributed by atoms with Crippen LogP contribution in [-0.4, -0.2) is 58.4 Å². The van der Waals surface area contributed by atoms with E-state index in [1.165, 1.54) is 29.1 Å². The molecule has 0 aromatic heterocycles. The standard InChI is InChI=1S/C17H29N3O2S/c1-18-11-8-15-9-12-20(13-10-15)14-16-4-6-17(7-5-16)23(21,22)19(2)3/h4-7,15,18H,8-14H2,1-3H3. The second-order valence-electron chi connectivity index (χ2n) is 6.54. The number of piperidine rings is 1. The zero-order valence-electron chi connectivity index (χ0n) is 14.5. The van der Waals surface area contributed by atoms with Crippen LogP contribution >= 0.6 is 0 Å². The molecule has 0 atom stereocenters. The molecule has 1 aromatic carbocycles. The van der Waals surface area contributed by atoms with Gasteiger partial charge in [-0.05, 0) is 69.6 Å². The lowest BCUT2D eigenvalue weighted by Crippen LogP contribution is -2.34. The summed E-state index contributed by atoms with van der Waals surface area (Å²) in [5.74, 6) is 0.839. The molecule has 1 saturated heterocycles. The number of nitrogens with zero attached hydrogens (tertiary/aromatic N) is 2. The van der Waals surface area contributed by atoms with Crippen LogP contribution in [0.15, 0.2) is 29.2 Å². The molecule has 1 fully saturated rings. The predicted molar refractivity (Wildman–Crippen MR) is 93.9 cm³/mol. The van der Waals surface area contributed by atoms with E-state index in [0.29, 0.717) is 4.90 Å². The van der Waals surface area contributed by atoms with Gasteiger partial charge in [0.15, 0.2) is 0 Å². The third kappa shape index (κ3) is 5.01. The highest BCUT2D eigenvalue weighted by Gasteiger charge is 2.20. The fourth-order valence-electron chi connectivity index (χ4n) is 3.02. The Morgan fingerprint density at radius 3 is 2.30 bits per heavy atom. The maximum Gasteiger partial charge on any atom is 0.242 e. The summed E-state index contributed by atoms with van der Waals surface area (Å²) in [5, 5.41) is 3.23. The minimum Gasteiger partial charge on any atom is -0.320 e. The second-order valence-corrected chi connectivity index (χ2v) is 8.69. The maximum atomic E-state index is 12.1.